The second-order valence-electron chi connectivity index (χ2n) is 6.40. The van der Waals surface area contributed by atoms with E-state index in [0.29, 0.717) is 6.42 Å². The van der Waals surface area contributed by atoms with Gasteiger partial charge in [-0.2, -0.15) is 0 Å². The minimum atomic E-state index is -0.888. The fourth-order valence-electron chi connectivity index (χ4n) is 2.98. The standard InChI is InChI=1S/C21H25NO3/c1-16(2)22(14-13-21(24)25)20(23)15-19(17-9-5-3-6-10-17)18-11-7-4-8-12-18/h3-12,16,19H,13-15H2,1-2H3,(H,24,25). The number of carbonyl (C=O) groups excluding carboxylic acids is 1. The Kier molecular flexibility index (Phi) is 6.75. The van der Waals surface area contributed by atoms with Gasteiger partial charge in [0.15, 0.2) is 0 Å². The number of carboxylic acids is 1. The summed E-state index contributed by atoms with van der Waals surface area (Å²) >= 11 is 0. The van der Waals surface area contributed by atoms with Crippen molar-refractivity contribution < 1.29 is 14.7 Å². The van der Waals surface area contributed by atoms with Crippen LogP contribution in [0.3, 0.4) is 0 Å². The topological polar surface area (TPSA) is 57.6 Å². The zero-order valence-electron chi connectivity index (χ0n) is 14.8. The molecule has 25 heavy (non-hydrogen) atoms. The zero-order chi connectivity index (χ0) is 18.2. The number of amides is 1. The van der Waals surface area contributed by atoms with E-state index in [0.717, 1.165) is 11.1 Å². The Bertz CT molecular complexity index is 643. The number of nitrogens with zero attached hydrogens (tertiary/aromatic N) is 1. The van der Waals surface area contributed by atoms with Crippen molar-refractivity contribution in [3.63, 3.8) is 0 Å². The third-order valence-corrected chi connectivity index (χ3v) is 4.29. The molecule has 1 amide bonds. The van der Waals surface area contributed by atoms with Gasteiger partial charge in [-0.3, -0.25) is 9.59 Å². The van der Waals surface area contributed by atoms with Crippen molar-refractivity contribution >= 4 is 11.9 Å². The van der Waals surface area contributed by atoms with E-state index in [-0.39, 0.29) is 30.8 Å². The molecule has 0 heterocycles. The van der Waals surface area contributed by atoms with Crippen LogP contribution in [-0.2, 0) is 9.59 Å². The maximum Gasteiger partial charge on any atom is 0.305 e. The number of hydrogen-bond acceptors (Lipinski definition) is 2. The molecule has 4 nitrogen and oxygen atoms in total. The van der Waals surface area contributed by atoms with Crippen LogP contribution in [0.5, 0.6) is 0 Å². The average molecular weight is 339 g/mol. The van der Waals surface area contributed by atoms with Crippen LogP contribution in [0.25, 0.3) is 0 Å². The lowest BCUT2D eigenvalue weighted by Gasteiger charge is -2.28. The number of benzene rings is 2. The number of hydrogen-bond donors (Lipinski definition) is 1. The van der Waals surface area contributed by atoms with Gasteiger partial charge < -0.3 is 10.0 Å². The van der Waals surface area contributed by atoms with E-state index in [1.54, 1.807) is 4.90 Å². The van der Waals surface area contributed by atoms with Crippen LogP contribution < -0.4 is 0 Å². The molecule has 0 aromatic heterocycles. The summed E-state index contributed by atoms with van der Waals surface area (Å²) < 4.78 is 0. The maximum atomic E-state index is 12.9. The van der Waals surface area contributed by atoms with Crippen LogP contribution in [0.2, 0.25) is 0 Å². The minimum Gasteiger partial charge on any atom is -0.481 e. The summed E-state index contributed by atoms with van der Waals surface area (Å²) in [5.41, 5.74) is 2.17. The lowest BCUT2D eigenvalue weighted by molar-refractivity contribution is -0.139. The summed E-state index contributed by atoms with van der Waals surface area (Å²) in [5.74, 6) is -0.948. The summed E-state index contributed by atoms with van der Waals surface area (Å²) in [6.45, 7) is 4.07. The van der Waals surface area contributed by atoms with E-state index in [2.05, 4.69) is 0 Å². The molecule has 2 aromatic carbocycles. The predicted molar refractivity (Wildman–Crippen MR) is 98.4 cm³/mol. The number of aliphatic carboxylic acids is 1. The molecule has 132 valence electrons. The highest BCUT2D eigenvalue weighted by atomic mass is 16.4. The van der Waals surface area contributed by atoms with Gasteiger partial charge in [0.25, 0.3) is 0 Å². The first-order valence-electron chi connectivity index (χ1n) is 8.60. The number of carboxylic acid groups (broad SMARTS) is 1. The van der Waals surface area contributed by atoms with Gasteiger partial charge in [-0.25, -0.2) is 0 Å². The molecule has 0 saturated carbocycles. The lowest BCUT2D eigenvalue weighted by Crippen LogP contribution is -2.39. The molecule has 0 aliphatic heterocycles. The van der Waals surface area contributed by atoms with Crippen LogP contribution in [0.1, 0.15) is 43.7 Å². The first kappa shape index (κ1) is 18.7. The van der Waals surface area contributed by atoms with E-state index >= 15 is 0 Å². The molecule has 0 bridgehead atoms. The molecule has 0 saturated heterocycles. The normalized spacial score (nSPS) is 10.9. The molecule has 0 radical (unpaired) electrons. The van der Waals surface area contributed by atoms with Crippen molar-refractivity contribution in [3.8, 4) is 0 Å². The summed E-state index contributed by atoms with van der Waals surface area (Å²) in [6.07, 6.45) is 0.289. The van der Waals surface area contributed by atoms with Crippen molar-refractivity contribution in [1.29, 1.82) is 0 Å². The highest BCUT2D eigenvalue weighted by Gasteiger charge is 2.24. The summed E-state index contributed by atoms with van der Waals surface area (Å²) in [4.78, 5) is 25.4. The molecule has 0 aliphatic carbocycles. The van der Waals surface area contributed by atoms with Crippen LogP contribution in [0.15, 0.2) is 60.7 Å². The number of rotatable bonds is 8. The van der Waals surface area contributed by atoms with Crippen LogP contribution in [0, 0.1) is 0 Å². The van der Waals surface area contributed by atoms with Gasteiger partial charge in [0.2, 0.25) is 5.91 Å². The average Bonchev–Trinajstić information content (AvgIpc) is 2.60. The van der Waals surface area contributed by atoms with E-state index < -0.39 is 5.97 Å². The second-order valence-corrected chi connectivity index (χ2v) is 6.40. The summed E-state index contributed by atoms with van der Waals surface area (Å²) in [6, 6.07) is 19.9. The number of carbonyl (C=O) groups is 2. The Morgan fingerprint density at radius 1 is 0.920 bits per heavy atom. The van der Waals surface area contributed by atoms with Crippen molar-refractivity contribution in [2.75, 3.05) is 6.54 Å². The molecule has 0 atom stereocenters. The monoisotopic (exact) mass is 339 g/mol. The molecule has 0 unspecified atom stereocenters. The first-order valence-corrected chi connectivity index (χ1v) is 8.60. The van der Waals surface area contributed by atoms with Gasteiger partial charge in [0, 0.05) is 24.9 Å². The van der Waals surface area contributed by atoms with Gasteiger partial charge in [-0.05, 0) is 25.0 Å². The highest BCUT2D eigenvalue weighted by molar-refractivity contribution is 5.78. The van der Waals surface area contributed by atoms with Gasteiger partial charge in [-0.1, -0.05) is 60.7 Å². The molecule has 2 rings (SSSR count). The second kappa shape index (κ2) is 9.02. The molecule has 4 heteroatoms. The van der Waals surface area contributed by atoms with E-state index in [1.807, 2.05) is 74.5 Å². The largest absolute Gasteiger partial charge is 0.481 e. The van der Waals surface area contributed by atoms with Crippen LogP contribution in [0.4, 0.5) is 0 Å². The van der Waals surface area contributed by atoms with Crippen molar-refractivity contribution in [2.24, 2.45) is 0 Å². The van der Waals surface area contributed by atoms with Crippen molar-refractivity contribution in [1.82, 2.24) is 4.90 Å². The lowest BCUT2D eigenvalue weighted by atomic mass is 9.88. The van der Waals surface area contributed by atoms with E-state index in [9.17, 15) is 9.59 Å². The quantitative estimate of drug-likeness (QED) is 0.793. The third kappa shape index (κ3) is 5.45. The van der Waals surface area contributed by atoms with Crippen molar-refractivity contribution in [2.45, 2.75) is 38.6 Å². The molecule has 0 aliphatic rings. The Hall–Kier alpha value is -2.62. The Balaban J connectivity index is 2.23. The van der Waals surface area contributed by atoms with Crippen LogP contribution in [-0.4, -0.2) is 34.5 Å². The van der Waals surface area contributed by atoms with E-state index in [4.69, 9.17) is 5.11 Å². The summed E-state index contributed by atoms with van der Waals surface area (Å²) in [7, 11) is 0. The van der Waals surface area contributed by atoms with Gasteiger partial charge in [0.1, 0.15) is 0 Å². The smallest absolute Gasteiger partial charge is 0.305 e. The zero-order valence-corrected chi connectivity index (χ0v) is 14.8. The fraction of sp³-hybridized carbons (Fsp3) is 0.333. The van der Waals surface area contributed by atoms with Crippen molar-refractivity contribution in [3.05, 3.63) is 71.8 Å². The van der Waals surface area contributed by atoms with Gasteiger partial charge in [-0.15, -0.1) is 0 Å². The molecule has 1 N–H and O–H groups in total. The SMILES string of the molecule is CC(C)N(CCC(=O)O)C(=O)CC(c1ccccc1)c1ccccc1. The fourth-order valence-corrected chi connectivity index (χ4v) is 2.98. The Labute approximate surface area is 149 Å². The van der Waals surface area contributed by atoms with Gasteiger partial charge >= 0.3 is 5.97 Å². The Morgan fingerprint density at radius 2 is 1.40 bits per heavy atom. The van der Waals surface area contributed by atoms with Gasteiger partial charge in [0.05, 0.1) is 6.42 Å². The first-order chi connectivity index (χ1) is 12.0. The minimum absolute atomic E-state index is 0.0195. The third-order valence-electron chi connectivity index (χ3n) is 4.29. The molecular weight excluding hydrogens is 314 g/mol. The van der Waals surface area contributed by atoms with E-state index in [1.165, 1.54) is 0 Å². The summed E-state index contributed by atoms with van der Waals surface area (Å²) in [5, 5.41) is 8.93. The predicted octanol–water partition coefficient (Wildman–Crippen LogP) is 3.92. The molecule has 0 spiro atoms. The maximum absolute atomic E-state index is 12.9. The Morgan fingerprint density at radius 3 is 1.80 bits per heavy atom. The highest BCUT2D eigenvalue weighted by Crippen LogP contribution is 2.28. The molecule has 0 fully saturated rings. The van der Waals surface area contributed by atoms with Crippen LogP contribution >= 0.6 is 0 Å². The molecule has 2 aromatic rings. The molecular formula is C21H25NO3.